The number of rotatable bonds is 5. The highest BCUT2D eigenvalue weighted by Crippen LogP contribution is 2.20. The zero-order valence-corrected chi connectivity index (χ0v) is 14.4. The topological polar surface area (TPSA) is 35.6 Å². The smallest absolute Gasteiger partial charge is 0.317 e. The van der Waals surface area contributed by atoms with Gasteiger partial charge < -0.3 is 15.1 Å². The van der Waals surface area contributed by atoms with Crippen molar-refractivity contribution in [3.05, 3.63) is 30.1 Å². The Hall–Kier alpha value is -1.78. The number of para-hydroxylation sites is 1. The summed E-state index contributed by atoms with van der Waals surface area (Å²) >= 11 is 0. The Labute approximate surface area is 138 Å². The van der Waals surface area contributed by atoms with E-state index in [1.807, 2.05) is 22.9 Å². The molecule has 1 aromatic rings. The molecule has 1 aromatic carbocycles. The summed E-state index contributed by atoms with van der Waals surface area (Å²) in [5.74, 6) is 0.920. The minimum absolute atomic E-state index is 0.0249. The molecule has 0 aromatic heterocycles. The van der Waals surface area contributed by atoms with Crippen LogP contribution < -0.4 is 10.2 Å². The number of anilines is 1. The Morgan fingerprint density at radius 3 is 2.61 bits per heavy atom. The van der Waals surface area contributed by atoms with Crippen molar-refractivity contribution in [2.75, 3.05) is 38.1 Å². The van der Waals surface area contributed by atoms with Crippen LogP contribution in [0.5, 0.6) is 0 Å². The quantitative estimate of drug-likeness (QED) is 0.844. The average molecular weight is 321 g/mol. The fourth-order valence-electron chi connectivity index (χ4n) is 3.33. The van der Waals surface area contributed by atoms with Crippen molar-refractivity contribution in [3.63, 3.8) is 0 Å². The van der Waals surface area contributed by atoms with E-state index < -0.39 is 0 Å². The van der Waals surface area contributed by atoms with E-state index in [0.717, 1.165) is 19.5 Å². The third-order valence-corrected chi connectivity index (χ3v) is 4.37. The fraction of sp³-hybridized carbons (Fsp3) is 0.611. The van der Waals surface area contributed by atoms with Crippen molar-refractivity contribution in [3.8, 4) is 0 Å². The van der Waals surface area contributed by atoms with Crippen LogP contribution in [0, 0.1) is 17.7 Å². The van der Waals surface area contributed by atoms with Crippen LogP contribution in [-0.4, -0.2) is 44.2 Å². The number of nitrogens with one attached hydrogen (secondary N) is 1. The normalized spacial score (nSPS) is 21.1. The van der Waals surface area contributed by atoms with Crippen LogP contribution in [0.15, 0.2) is 24.3 Å². The van der Waals surface area contributed by atoms with Gasteiger partial charge in [-0.2, -0.15) is 0 Å². The molecule has 0 aliphatic carbocycles. The molecule has 1 heterocycles. The lowest BCUT2D eigenvalue weighted by Crippen LogP contribution is -2.47. The van der Waals surface area contributed by atoms with Crippen LogP contribution in [0.2, 0.25) is 0 Å². The summed E-state index contributed by atoms with van der Waals surface area (Å²) in [5, 5.41) is 2.98. The SMILES string of the molecule is CC1CC(C)CN(C(=O)NCCCN(C)c2ccccc2F)C1. The number of likely N-dealkylation sites (tertiary alicyclic amines) is 1. The molecule has 0 bridgehead atoms. The number of urea groups is 1. The molecule has 0 spiro atoms. The molecule has 23 heavy (non-hydrogen) atoms. The highest BCUT2D eigenvalue weighted by atomic mass is 19.1. The molecule has 0 radical (unpaired) electrons. The molecule has 0 saturated carbocycles. The number of hydrogen-bond acceptors (Lipinski definition) is 2. The third kappa shape index (κ3) is 5.12. The number of hydrogen-bond donors (Lipinski definition) is 1. The van der Waals surface area contributed by atoms with E-state index in [1.165, 1.54) is 12.5 Å². The number of carbonyl (C=O) groups is 1. The van der Waals surface area contributed by atoms with Crippen molar-refractivity contribution in [1.82, 2.24) is 10.2 Å². The van der Waals surface area contributed by atoms with Gasteiger partial charge in [0.05, 0.1) is 5.69 Å². The number of piperidine rings is 1. The Morgan fingerprint density at radius 2 is 1.96 bits per heavy atom. The second-order valence-electron chi connectivity index (χ2n) is 6.81. The van der Waals surface area contributed by atoms with Gasteiger partial charge in [0.15, 0.2) is 0 Å². The number of nitrogens with zero attached hydrogens (tertiary/aromatic N) is 2. The molecule has 2 atom stereocenters. The van der Waals surface area contributed by atoms with Crippen molar-refractivity contribution in [1.29, 1.82) is 0 Å². The minimum Gasteiger partial charge on any atom is -0.372 e. The van der Waals surface area contributed by atoms with E-state index in [1.54, 1.807) is 12.1 Å². The van der Waals surface area contributed by atoms with Gasteiger partial charge in [0.2, 0.25) is 0 Å². The summed E-state index contributed by atoms with van der Waals surface area (Å²) in [6.45, 7) is 7.38. The average Bonchev–Trinajstić information content (AvgIpc) is 2.50. The standard InChI is InChI=1S/C18H28FN3O/c1-14-11-15(2)13-22(12-14)18(23)20-9-6-10-21(3)17-8-5-4-7-16(17)19/h4-5,7-8,14-15H,6,9-13H2,1-3H3,(H,20,23). The monoisotopic (exact) mass is 321 g/mol. The maximum absolute atomic E-state index is 13.7. The van der Waals surface area contributed by atoms with Crippen LogP contribution >= 0.6 is 0 Å². The zero-order chi connectivity index (χ0) is 16.8. The maximum atomic E-state index is 13.7. The summed E-state index contributed by atoms with van der Waals surface area (Å²) in [6.07, 6.45) is 1.98. The van der Waals surface area contributed by atoms with Crippen molar-refractivity contribution in [2.45, 2.75) is 26.7 Å². The minimum atomic E-state index is -0.213. The molecule has 2 unspecified atom stereocenters. The van der Waals surface area contributed by atoms with Gasteiger partial charge in [-0.3, -0.25) is 0 Å². The molecule has 1 aliphatic rings. The van der Waals surface area contributed by atoms with E-state index in [0.29, 0.717) is 30.6 Å². The number of benzene rings is 1. The van der Waals surface area contributed by atoms with E-state index in [-0.39, 0.29) is 11.8 Å². The lowest BCUT2D eigenvalue weighted by molar-refractivity contribution is 0.146. The second-order valence-corrected chi connectivity index (χ2v) is 6.81. The predicted molar refractivity (Wildman–Crippen MR) is 92.2 cm³/mol. The van der Waals surface area contributed by atoms with E-state index in [2.05, 4.69) is 19.2 Å². The van der Waals surface area contributed by atoms with Crippen LogP contribution in [0.25, 0.3) is 0 Å². The number of halogens is 1. The largest absolute Gasteiger partial charge is 0.372 e. The molecule has 1 N–H and O–H groups in total. The summed E-state index contributed by atoms with van der Waals surface area (Å²) in [4.78, 5) is 16.0. The van der Waals surface area contributed by atoms with Gasteiger partial charge >= 0.3 is 6.03 Å². The van der Waals surface area contributed by atoms with Gasteiger partial charge in [-0.15, -0.1) is 0 Å². The predicted octanol–water partition coefficient (Wildman–Crippen LogP) is 3.34. The summed E-state index contributed by atoms with van der Waals surface area (Å²) in [7, 11) is 1.87. The lowest BCUT2D eigenvalue weighted by atomic mass is 9.92. The van der Waals surface area contributed by atoms with Crippen LogP contribution in [0.4, 0.5) is 14.9 Å². The van der Waals surface area contributed by atoms with Gasteiger partial charge in [-0.05, 0) is 36.8 Å². The Balaban J connectivity index is 1.71. The number of amides is 2. The molecule has 1 fully saturated rings. The highest BCUT2D eigenvalue weighted by Gasteiger charge is 2.24. The van der Waals surface area contributed by atoms with Crippen molar-refractivity contribution < 1.29 is 9.18 Å². The van der Waals surface area contributed by atoms with E-state index in [4.69, 9.17) is 0 Å². The van der Waals surface area contributed by atoms with Crippen LogP contribution in [0.3, 0.4) is 0 Å². The van der Waals surface area contributed by atoms with Crippen molar-refractivity contribution in [2.24, 2.45) is 11.8 Å². The maximum Gasteiger partial charge on any atom is 0.317 e. The number of carbonyl (C=O) groups excluding carboxylic acids is 1. The van der Waals surface area contributed by atoms with Crippen LogP contribution in [0.1, 0.15) is 26.7 Å². The lowest BCUT2D eigenvalue weighted by Gasteiger charge is -2.35. The Kier molecular flexibility index (Phi) is 6.25. The van der Waals surface area contributed by atoms with Gasteiger partial charge in [-0.1, -0.05) is 26.0 Å². The molecule has 1 aliphatic heterocycles. The van der Waals surface area contributed by atoms with E-state index >= 15 is 0 Å². The van der Waals surface area contributed by atoms with Crippen LogP contribution in [-0.2, 0) is 0 Å². The molecule has 2 amide bonds. The zero-order valence-electron chi connectivity index (χ0n) is 14.4. The molecular formula is C18H28FN3O. The molecule has 4 nitrogen and oxygen atoms in total. The second kappa shape index (κ2) is 8.18. The Bertz CT molecular complexity index is 513. The first-order valence-electron chi connectivity index (χ1n) is 8.45. The molecular weight excluding hydrogens is 293 g/mol. The fourth-order valence-corrected chi connectivity index (χ4v) is 3.33. The summed E-state index contributed by atoms with van der Waals surface area (Å²) < 4.78 is 13.7. The van der Waals surface area contributed by atoms with Gasteiger partial charge in [0, 0.05) is 33.2 Å². The molecule has 1 saturated heterocycles. The molecule has 128 valence electrons. The van der Waals surface area contributed by atoms with Crippen molar-refractivity contribution >= 4 is 11.7 Å². The third-order valence-electron chi connectivity index (χ3n) is 4.37. The first kappa shape index (κ1) is 17.6. The summed E-state index contributed by atoms with van der Waals surface area (Å²) in [5.41, 5.74) is 0.595. The summed E-state index contributed by atoms with van der Waals surface area (Å²) in [6, 6.07) is 6.77. The first-order chi connectivity index (χ1) is 11.0. The van der Waals surface area contributed by atoms with E-state index in [9.17, 15) is 9.18 Å². The first-order valence-corrected chi connectivity index (χ1v) is 8.45. The Morgan fingerprint density at radius 1 is 1.30 bits per heavy atom. The molecule has 5 heteroatoms. The van der Waals surface area contributed by atoms with Gasteiger partial charge in [-0.25, -0.2) is 9.18 Å². The molecule has 2 rings (SSSR count). The highest BCUT2D eigenvalue weighted by molar-refractivity contribution is 5.74. The van der Waals surface area contributed by atoms with Gasteiger partial charge in [0.1, 0.15) is 5.82 Å². The van der Waals surface area contributed by atoms with Gasteiger partial charge in [0.25, 0.3) is 0 Å².